The molecule has 2 saturated carbocycles. The van der Waals surface area contributed by atoms with Crippen molar-refractivity contribution in [2.24, 2.45) is 0 Å². The molecule has 0 N–H and O–H groups in total. The van der Waals surface area contributed by atoms with Gasteiger partial charge in [-0.1, -0.05) is 211 Å². The third-order valence-electron chi connectivity index (χ3n) is 17.1. The summed E-state index contributed by atoms with van der Waals surface area (Å²) in [6, 6.07) is 66.5. The fraction of sp³-hybridized carbons (Fsp3) is 0.246. The Bertz CT molecular complexity index is 3690. The van der Waals surface area contributed by atoms with Crippen LogP contribution in [0.25, 0.3) is 50.2 Å². The summed E-state index contributed by atoms with van der Waals surface area (Å²) < 4.78 is 37.1. The van der Waals surface area contributed by atoms with E-state index in [2.05, 4.69) is 196 Å². The van der Waals surface area contributed by atoms with E-state index in [1.807, 2.05) is 18.2 Å². The van der Waals surface area contributed by atoms with Crippen LogP contribution in [0.2, 0.25) is 0 Å². The van der Waals surface area contributed by atoms with Crippen LogP contribution < -0.4 is 25.5 Å². The van der Waals surface area contributed by atoms with E-state index in [-0.39, 0.29) is 10.8 Å². The fourth-order valence-corrected chi connectivity index (χ4v) is 17.5. The van der Waals surface area contributed by atoms with Gasteiger partial charge in [0.2, 0.25) is 0 Å². The molecule has 0 atom stereocenters. The maximum Gasteiger partial charge on any atom is 0.307 e. The maximum absolute atomic E-state index is 10.5. The van der Waals surface area contributed by atoms with E-state index in [0.29, 0.717) is 5.84 Å². The molecule has 3 aliphatic rings. The molecular formula is C65H60N2O2Si. The lowest BCUT2D eigenvalue weighted by Gasteiger charge is -2.41. The zero-order valence-electron chi connectivity index (χ0n) is 42.7. The van der Waals surface area contributed by atoms with Gasteiger partial charge in [-0.25, -0.2) is 0 Å². The second-order valence-electron chi connectivity index (χ2n) is 21.1. The van der Waals surface area contributed by atoms with E-state index in [0.717, 1.165) is 118 Å². The minimum absolute atomic E-state index is 0.227. The van der Waals surface area contributed by atoms with Crippen molar-refractivity contribution in [3.05, 3.63) is 204 Å². The number of rotatable bonds is 8. The minimum Gasteiger partial charge on any atom is -0.456 e. The molecule has 3 heterocycles. The Morgan fingerprint density at radius 2 is 1.01 bits per heavy atom. The van der Waals surface area contributed by atoms with Crippen molar-refractivity contribution in [2.75, 3.05) is 0 Å². The Hall–Kier alpha value is -6.95. The zero-order chi connectivity index (χ0) is 49.0. The molecule has 0 saturated heterocycles. The quantitative estimate of drug-likeness (QED) is 0.113. The molecule has 0 amide bonds. The predicted molar refractivity (Wildman–Crippen MR) is 292 cm³/mol. The van der Waals surface area contributed by atoms with E-state index in [4.69, 9.17) is 14.1 Å². The number of imidazole rings is 1. The van der Waals surface area contributed by atoms with Crippen LogP contribution in [-0.2, 0) is 10.8 Å². The molecule has 10 aromatic rings. The highest BCUT2D eigenvalue weighted by molar-refractivity contribution is 7.20. The summed E-state index contributed by atoms with van der Waals surface area (Å²) in [6.07, 6.45) is 7.24. The highest BCUT2D eigenvalue weighted by atomic mass is 28.3. The minimum atomic E-state index is -3.24. The first-order valence-corrected chi connectivity index (χ1v) is 27.5. The molecule has 1 aliphatic heterocycles. The first-order valence-electron chi connectivity index (χ1n) is 26.5. The Kier molecular flexibility index (Phi) is 9.69. The monoisotopic (exact) mass is 930 g/mol. The van der Waals surface area contributed by atoms with Crippen molar-refractivity contribution in [3.63, 3.8) is 0 Å². The van der Waals surface area contributed by atoms with E-state index >= 15 is 0 Å². The summed E-state index contributed by atoms with van der Waals surface area (Å²) in [4.78, 5) is 4.90. The Morgan fingerprint density at radius 1 is 0.500 bits per heavy atom. The van der Waals surface area contributed by atoms with Crippen LogP contribution in [0.1, 0.15) is 116 Å². The second-order valence-corrected chi connectivity index (χ2v) is 24.9. The molecule has 2 aromatic heterocycles. The van der Waals surface area contributed by atoms with Crippen molar-refractivity contribution >= 4 is 56.8 Å². The third-order valence-corrected chi connectivity index (χ3v) is 21.8. The van der Waals surface area contributed by atoms with E-state index in [9.17, 15) is 2.74 Å². The van der Waals surface area contributed by atoms with Crippen LogP contribution >= 0.6 is 0 Å². The van der Waals surface area contributed by atoms with E-state index in [1.54, 1.807) is 0 Å². The molecule has 8 aromatic carbocycles. The molecule has 2 fully saturated rings. The first-order chi connectivity index (χ1) is 34.9. The smallest absolute Gasteiger partial charge is 0.307 e. The van der Waals surface area contributed by atoms with Crippen molar-refractivity contribution < 1.29 is 11.9 Å². The third kappa shape index (κ3) is 6.50. The van der Waals surface area contributed by atoms with Crippen LogP contribution in [0.15, 0.2) is 186 Å². The van der Waals surface area contributed by atoms with Crippen molar-refractivity contribution in [1.82, 2.24) is 9.38 Å². The molecule has 5 heteroatoms. The number of ether oxygens (including phenoxy) is 1. The molecular weight excluding hydrogens is 869 g/mol. The highest BCUT2D eigenvalue weighted by Gasteiger charge is 2.47. The van der Waals surface area contributed by atoms with E-state index in [1.165, 1.54) is 31.9 Å². The molecule has 346 valence electrons. The van der Waals surface area contributed by atoms with Crippen LogP contribution in [0.3, 0.4) is 0 Å². The number of hydrogen-bond donors (Lipinski definition) is 0. The van der Waals surface area contributed by atoms with Gasteiger partial charge in [0, 0.05) is 35.8 Å². The number of fused-ring (bicyclic) bond motifs is 7. The topological polar surface area (TPSA) is 39.7 Å². The summed E-state index contributed by atoms with van der Waals surface area (Å²) in [5.41, 5.74) is 11.8. The molecule has 70 heavy (non-hydrogen) atoms. The van der Waals surface area contributed by atoms with Gasteiger partial charge in [-0.15, -0.1) is 0 Å². The van der Waals surface area contributed by atoms with Crippen LogP contribution in [-0.4, -0.2) is 17.5 Å². The lowest BCUT2D eigenvalue weighted by Crippen LogP contribution is -2.74. The molecule has 2 aliphatic carbocycles. The lowest BCUT2D eigenvalue weighted by atomic mass is 9.61. The van der Waals surface area contributed by atoms with E-state index < -0.39 is 19.9 Å². The van der Waals surface area contributed by atoms with Gasteiger partial charge in [0.05, 0.1) is 16.6 Å². The van der Waals surface area contributed by atoms with Gasteiger partial charge >= 0.3 is 5.84 Å². The lowest BCUT2D eigenvalue weighted by molar-refractivity contribution is 0.306. The molecule has 0 spiro atoms. The summed E-state index contributed by atoms with van der Waals surface area (Å²) in [5, 5.41) is 5.00. The summed E-state index contributed by atoms with van der Waals surface area (Å²) in [7, 11) is -3.24. The first kappa shape index (κ1) is 40.9. The van der Waals surface area contributed by atoms with Gasteiger partial charge < -0.3 is 9.15 Å². The highest BCUT2D eigenvalue weighted by Crippen LogP contribution is 2.56. The molecule has 0 radical (unpaired) electrons. The molecule has 0 bridgehead atoms. The largest absolute Gasteiger partial charge is 0.456 e. The SMILES string of the molecule is [2H]C1(c2cc([Si](c3ccccc3)(c3ccccc3)c3ccc(-c4cccc5c4oc4nc6ccccc6n45)c(C4([2H])CCCC4)c3)ccc2-c2cccc3c2Oc2ccccc2C(C)(C)C3(C)C)CCCC1. The summed E-state index contributed by atoms with van der Waals surface area (Å²) in [5.74, 6) is 0.756. The van der Waals surface area contributed by atoms with Crippen molar-refractivity contribution in [3.8, 4) is 33.8 Å². The Morgan fingerprint density at radius 3 is 1.67 bits per heavy atom. The van der Waals surface area contributed by atoms with Crippen LogP contribution in [0, 0.1) is 0 Å². The second kappa shape index (κ2) is 16.6. The van der Waals surface area contributed by atoms with Gasteiger partial charge in [0.25, 0.3) is 0 Å². The summed E-state index contributed by atoms with van der Waals surface area (Å²) >= 11 is 0. The fourth-order valence-electron chi connectivity index (χ4n) is 12.8. The summed E-state index contributed by atoms with van der Waals surface area (Å²) in [6.45, 7) is 9.40. The van der Waals surface area contributed by atoms with Crippen LogP contribution in [0.4, 0.5) is 0 Å². The average Bonchev–Trinajstić information content (AvgIpc) is 4.22. The van der Waals surface area contributed by atoms with Gasteiger partial charge in [0.1, 0.15) is 11.5 Å². The van der Waals surface area contributed by atoms with Gasteiger partial charge in [-0.3, -0.25) is 4.40 Å². The van der Waals surface area contributed by atoms with Gasteiger partial charge in [-0.2, -0.15) is 4.98 Å². The van der Waals surface area contributed by atoms with Gasteiger partial charge in [0.15, 0.2) is 13.7 Å². The van der Waals surface area contributed by atoms with Gasteiger partial charge in [-0.05, 0) is 105 Å². The van der Waals surface area contributed by atoms with Crippen molar-refractivity contribution in [2.45, 2.75) is 102 Å². The number of para-hydroxylation sites is 5. The van der Waals surface area contributed by atoms with Crippen molar-refractivity contribution in [1.29, 1.82) is 0 Å². The average molecular weight is 931 g/mol. The number of nitrogens with zero attached hydrogens (tertiary/aromatic N) is 2. The Labute approximate surface area is 415 Å². The Balaban J connectivity index is 1.08. The normalized spacial score (nSPS) is 18.2. The molecule has 4 nitrogen and oxygen atoms in total. The maximum atomic E-state index is 10.5. The predicted octanol–water partition coefficient (Wildman–Crippen LogP) is 14.6. The van der Waals surface area contributed by atoms with Crippen LogP contribution in [0.5, 0.6) is 11.5 Å². The number of oxazole rings is 1. The number of benzene rings is 8. The standard InChI is InChI=1S/C65H60N2O2Si/c1-64(2)55-31-15-18-36-60(55)68-61-51(29-19-32-56(61)65(64,3)4)49-39-37-47(41-53(49)43-21-11-12-22-43)70(45-25-7-5-8-26-45,46-27-9-6-10-28-46)48-38-40-50(54(42-48)44-23-13-14-24-44)52-30-20-35-59-62(52)69-63-66-57-33-16-17-34-58(57)67(59)63/h5-10,15-20,25-44H,11-14,21-24H2,1-4H3/i43D,44D. The zero-order valence-corrected chi connectivity index (χ0v) is 41.7. The molecule has 13 rings (SSSR count). The number of hydrogen-bond acceptors (Lipinski definition) is 3. The number of aromatic nitrogens is 2. The molecule has 0 unspecified atom stereocenters.